The van der Waals surface area contributed by atoms with Gasteiger partial charge in [-0.3, -0.25) is 4.98 Å². The molecule has 0 fully saturated rings. The van der Waals surface area contributed by atoms with E-state index in [1.807, 2.05) is 30.3 Å². The Morgan fingerprint density at radius 2 is 2.08 bits per heavy atom. The van der Waals surface area contributed by atoms with Crippen molar-refractivity contribution >= 4 is 28.6 Å². The summed E-state index contributed by atoms with van der Waals surface area (Å²) in [5.41, 5.74) is 3.52. The fourth-order valence-electron chi connectivity index (χ4n) is 1.25. The molecule has 0 unspecified atom stereocenters. The average molecular weight is 190 g/mol. The maximum atomic E-state index is 5.48. The van der Waals surface area contributed by atoms with Crippen LogP contribution in [0.5, 0.6) is 0 Å². The van der Waals surface area contributed by atoms with Crippen molar-refractivity contribution in [2.24, 2.45) is 0 Å². The second-order valence-electron chi connectivity index (χ2n) is 2.75. The standard InChI is InChI=1S/C11H8ClN/c12-6-5-9-7-10-3-1-2-4-11(10)13-8-9/h1-8H/b6-5+. The van der Waals surface area contributed by atoms with Gasteiger partial charge in [0.05, 0.1) is 5.52 Å². The number of hydrogen-bond acceptors (Lipinski definition) is 1. The summed E-state index contributed by atoms with van der Waals surface area (Å²) < 4.78 is 0. The minimum atomic E-state index is 1.01. The van der Waals surface area contributed by atoms with Gasteiger partial charge in [-0.15, -0.1) is 0 Å². The van der Waals surface area contributed by atoms with Gasteiger partial charge in [-0.2, -0.15) is 0 Å². The Morgan fingerprint density at radius 1 is 1.23 bits per heavy atom. The number of pyridine rings is 1. The minimum Gasteiger partial charge on any atom is -0.256 e. The Morgan fingerprint density at radius 3 is 2.92 bits per heavy atom. The monoisotopic (exact) mass is 189 g/mol. The molecule has 0 saturated heterocycles. The van der Waals surface area contributed by atoms with Crippen LogP contribution in [0.4, 0.5) is 0 Å². The van der Waals surface area contributed by atoms with Crippen molar-refractivity contribution in [3.05, 3.63) is 47.6 Å². The number of rotatable bonds is 1. The van der Waals surface area contributed by atoms with E-state index in [-0.39, 0.29) is 0 Å². The van der Waals surface area contributed by atoms with Gasteiger partial charge in [0.25, 0.3) is 0 Å². The molecule has 2 heteroatoms. The van der Waals surface area contributed by atoms with Crippen LogP contribution in [0.1, 0.15) is 5.56 Å². The third-order valence-electron chi connectivity index (χ3n) is 1.87. The normalized spacial score (nSPS) is 11.2. The molecular weight excluding hydrogens is 182 g/mol. The van der Waals surface area contributed by atoms with Crippen LogP contribution >= 0.6 is 11.6 Å². The molecule has 2 aromatic rings. The van der Waals surface area contributed by atoms with Crippen LogP contribution in [-0.2, 0) is 0 Å². The molecule has 0 amide bonds. The van der Waals surface area contributed by atoms with Crippen LogP contribution in [0.25, 0.3) is 17.0 Å². The van der Waals surface area contributed by atoms with Gasteiger partial charge in [0.1, 0.15) is 0 Å². The average Bonchev–Trinajstić information content (AvgIpc) is 2.18. The molecule has 64 valence electrons. The molecule has 0 aliphatic heterocycles. The van der Waals surface area contributed by atoms with Gasteiger partial charge in [-0.1, -0.05) is 29.8 Å². The van der Waals surface area contributed by atoms with Gasteiger partial charge in [0.15, 0.2) is 0 Å². The van der Waals surface area contributed by atoms with E-state index in [2.05, 4.69) is 11.1 Å². The van der Waals surface area contributed by atoms with Gasteiger partial charge >= 0.3 is 0 Å². The van der Waals surface area contributed by atoms with Gasteiger partial charge in [0.2, 0.25) is 0 Å². The van der Waals surface area contributed by atoms with Crippen molar-refractivity contribution in [2.75, 3.05) is 0 Å². The van der Waals surface area contributed by atoms with Crippen LogP contribution in [0.3, 0.4) is 0 Å². The van der Waals surface area contributed by atoms with E-state index in [1.54, 1.807) is 6.20 Å². The number of hydrogen-bond donors (Lipinski definition) is 0. The second-order valence-corrected chi connectivity index (χ2v) is 3.01. The molecule has 1 aromatic carbocycles. The van der Waals surface area contributed by atoms with Crippen molar-refractivity contribution < 1.29 is 0 Å². The fraction of sp³-hybridized carbons (Fsp3) is 0. The zero-order valence-corrected chi connectivity index (χ0v) is 7.70. The topological polar surface area (TPSA) is 12.9 Å². The van der Waals surface area contributed by atoms with Crippen molar-refractivity contribution in [1.29, 1.82) is 0 Å². The fourth-order valence-corrected chi connectivity index (χ4v) is 1.40. The van der Waals surface area contributed by atoms with Crippen molar-refractivity contribution in [2.45, 2.75) is 0 Å². The molecule has 2 rings (SSSR count). The molecule has 0 N–H and O–H groups in total. The van der Waals surface area contributed by atoms with Crippen LogP contribution in [0.2, 0.25) is 0 Å². The van der Waals surface area contributed by atoms with Crippen LogP contribution in [0, 0.1) is 0 Å². The minimum absolute atomic E-state index is 1.01. The van der Waals surface area contributed by atoms with Gasteiger partial charge in [-0.05, 0) is 23.8 Å². The molecule has 1 nitrogen and oxygen atoms in total. The molecule has 1 aromatic heterocycles. The zero-order chi connectivity index (χ0) is 9.10. The quantitative estimate of drug-likeness (QED) is 0.670. The SMILES string of the molecule is Cl/C=C/c1cnc2ccccc2c1. The summed E-state index contributed by atoms with van der Waals surface area (Å²) in [6.45, 7) is 0. The molecule has 13 heavy (non-hydrogen) atoms. The van der Waals surface area contributed by atoms with E-state index < -0.39 is 0 Å². The van der Waals surface area contributed by atoms with Gasteiger partial charge < -0.3 is 0 Å². The number of fused-ring (bicyclic) bond motifs is 1. The predicted octanol–water partition coefficient (Wildman–Crippen LogP) is 3.44. The second kappa shape index (κ2) is 3.58. The van der Waals surface area contributed by atoms with Crippen LogP contribution < -0.4 is 0 Å². The first-order valence-corrected chi connectivity index (χ1v) is 4.45. The Balaban J connectivity index is 2.62. The first-order chi connectivity index (χ1) is 6.40. The number of halogens is 1. The highest BCUT2D eigenvalue weighted by molar-refractivity contribution is 6.27. The third-order valence-corrected chi connectivity index (χ3v) is 1.99. The summed E-state index contributed by atoms with van der Waals surface area (Å²) >= 11 is 5.48. The zero-order valence-electron chi connectivity index (χ0n) is 6.94. The Bertz CT molecular complexity index is 449. The number of nitrogens with zero attached hydrogens (tertiary/aromatic N) is 1. The molecular formula is C11H8ClN. The summed E-state index contributed by atoms with van der Waals surface area (Å²) in [6, 6.07) is 10.1. The summed E-state index contributed by atoms with van der Waals surface area (Å²) in [7, 11) is 0. The lowest BCUT2D eigenvalue weighted by molar-refractivity contribution is 1.40. The van der Waals surface area contributed by atoms with Crippen molar-refractivity contribution in [3.8, 4) is 0 Å². The maximum absolute atomic E-state index is 5.48. The Kier molecular flexibility index (Phi) is 2.28. The summed E-state index contributed by atoms with van der Waals surface area (Å²) in [4.78, 5) is 4.29. The molecule has 0 saturated carbocycles. The van der Waals surface area contributed by atoms with E-state index in [1.165, 1.54) is 5.54 Å². The highest BCUT2D eigenvalue weighted by atomic mass is 35.5. The van der Waals surface area contributed by atoms with Gasteiger partial charge in [0, 0.05) is 17.1 Å². The van der Waals surface area contributed by atoms with E-state index in [0.717, 1.165) is 16.5 Å². The molecule has 0 aliphatic carbocycles. The van der Waals surface area contributed by atoms with Crippen LogP contribution in [0.15, 0.2) is 42.1 Å². The van der Waals surface area contributed by atoms with E-state index in [9.17, 15) is 0 Å². The van der Waals surface area contributed by atoms with E-state index in [0.29, 0.717) is 0 Å². The van der Waals surface area contributed by atoms with E-state index >= 15 is 0 Å². The molecule has 0 spiro atoms. The van der Waals surface area contributed by atoms with Crippen LogP contribution in [-0.4, -0.2) is 4.98 Å². The van der Waals surface area contributed by atoms with Crippen molar-refractivity contribution in [1.82, 2.24) is 4.98 Å². The Labute approximate surface area is 81.7 Å². The van der Waals surface area contributed by atoms with Gasteiger partial charge in [-0.25, -0.2) is 0 Å². The lowest BCUT2D eigenvalue weighted by atomic mass is 10.2. The van der Waals surface area contributed by atoms with E-state index in [4.69, 9.17) is 11.6 Å². The summed E-state index contributed by atoms with van der Waals surface area (Å²) in [6.07, 6.45) is 3.63. The predicted molar refractivity (Wildman–Crippen MR) is 56.6 cm³/mol. The molecule has 0 atom stereocenters. The lowest BCUT2D eigenvalue weighted by Gasteiger charge is -1.97. The molecule has 1 heterocycles. The largest absolute Gasteiger partial charge is 0.256 e. The smallest absolute Gasteiger partial charge is 0.0702 e. The number of benzene rings is 1. The highest BCUT2D eigenvalue weighted by Gasteiger charge is 1.93. The lowest BCUT2D eigenvalue weighted by Crippen LogP contribution is -1.79. The molecule has 0 aliphatic rings. The highest BCUT2D eigenvalue weighted by Crippen LogP contribution is 2.13. The Hall–Kier alpha value is -1.34. The number of aromatic nitrogens is 1. The first kappa shape index (κ1) is 8.27. The summed E-state index contributed by atoms with van der Waals surface area (Å²) in [5, 5.41) is 1.13. The number of para-hydroxylation sites is 1. The maximum Gasteiger partial charge on any atom is 0.0702 e. The summed E-state index contributed by atoms with van der Waals surface area (Å²) in [5.74, 6) is 0. The molecule has 0 bridgehead atoms. The first-order valence-electron chi connectivity index (χ1n) is 4.02. The molecule has 0 radical (unpaired) electrons. The third kappa shape index (κ3) is 1.70. The van der Waals surface area contributed by atoms with Crippen molar-refractivity contribution in [3.63, 3.8) is 0 Å².